The molecule has 3 aromatic heterocycles. The van der Waals surface area contributed by atoms with Crippen LogP contribution in [0.2, 0.25) is 0 Å². The molecule has 1 atom stereocenters. The Labute approximate surface area is 429 Å². The molecule has 1 spiro atoms. The quantitative estimate of drug-likeness (QED) is 0.0627. The molecule has 74 heavy (non-hydrogen) atoms. The Balaban J connectivity index is 0.000000200. The van der Waals surface area contributed by atoms with Crippen LogP contribution in [0.4, 0.5) is 5.69 Å². The van der Waals surface area contributed by atoms with Crippen LogP contribution in [0, 0.1) is 17.0 Å². The zero-order valence-corrected chi connectivity index (χ0v) is 42.9. The summed E-state index contributed by atoms with van der Waals surface area (Å²) >= 11 is 0. The van der Waals surface area contributed by atoms with Crippen LogP contribution in [0.25, 0.3) is 16.7 Å². The van der Waals surface area contributed by atoms with E-state index >= 15 is 0 Å². The van der Waals surface area contributed by atoms with Crippen molar-refractivity contribution in [2.24, 2.45) is 5.73 Å². The molecule has 19 nitrogen and oxygen atoms in total. The third kappa shape index (κ3) is 14.2. The summed E-state index contributed by atoms with van der Waals surface area (Å²) in [5, 5.41) is 17.5. The molecule has 3 aliphatic rings. The van der Waals surface area contributed by atoms with E-state index in [-0.39, 0.29) is 40.9 Å². The van der Waals surface area contributed by atoms with Crippen molar-refractivity contribution in [3.63, 3.8) is 0 Å². The SMILES string of the molecule is CC(C)(N)C(=O)N[C@H](COCc1ccccc1)C(=O)N1CCC2(CC1)CN(S(C)(=O)=O)c1ccccc12.CS(=O)(=O)O.O=C(NC1CC1)c1cn(-c2cccc(C#Cc3ccc[n+]([O-])c3)c2)c2ncccc2c1=O. The number of piperidine rings is 1. The van der Waals surface area contributed by atoms with Gasteiger partial charge in [-0.1, -0.05) is 66.4 Å². The van der Waals surface area contributed by atoms with E-state index < -0.39 is 37.6 Å². The van der Waals surface area contributed by atoms with Gasteiger partial charge in [-0.05, 0) is 93.1 Å². The van der Waals surface area contributed by atoms with Crippen LogP contribution in [-0.4, -0.2) is 110 Å². The molecule has 3 aromatic carbocycles. The number of aromatic nitrogens is 3. The van der Waals surface area contributed by atoms with Gasteiger partial charge in [0.25, 0.3) is 16.0 Å². The first-order chi connectivity index (χ1) is 35.0. The van der Waals surface area contributed by atoms with Gasteiger partial charge in [0.15, 0.2) is 12.4 Å². The number of pyridine rings is 3. The maximum atomic E-state index is 13.6. The topological polar surface area (TPSA) is 267 Å². The van der Waals surface area contributed by atoms with E-state index in [1.165, 1.54) is 23.0 Å². The largest absolute Gasteiger partial charge is 0.619 e. The van der Waals surface area contributed by atoms with Gasteiger partial charge in [0.2, 0.25) is 27.3 Å². The highest BCUT2D eigenvalue weighted by molar-refractivity contribution is 7.92. The van der Waals surface area contributed by atoms with Crippen molar-refractivity contribution in [3.05, 3.63) is 171 Å². The van der Waals surface area contributed by atoms with Gasteiger partial charge in [-0.15, -0.1) is 0 Å². The summed E-state index contributed by atoms with van der Waals surface area (Å²) in [6.07, 6.45) is 11.0. The molecule has 0 unspecified atom stereocenters. The second-order valence-electron chi connectivity index (χ2n) is 19.0. The molecule has 0 radical (unpaired) electrons. The third-order valence-corrected chi connectivity index (χ3v) is 13.5. The Morgan fingerprint density at radius 3 is 2.26 bits per heavy atom. The number of nitrogens with zero attached hydrogens (tertiary/aromatic N) is 5. The maximum absolute atomic E-state index is 13.6. The highest BCUT2D eigenvalue weighted by Crippen LogP contribution is 2.47. The molecule has 5 heterocycles. The van der Waals surface area contributed by atoms with Crippen molar-refractivity contribution in [3.8, 4) is 17.5 Å². The Hall–Kier alpha value is -7.48. The van der Waals surface area contributed by atoms with Gasteiger partial charge in [0.1, 0.15) is 17.3 Å². The number of amides is 3. The second-order valence-corrected chi connectivity index (χ2v) is 22.4. The molecule has 2 aliphatic heterocycles. The molecule has 6 aromatic rings. The van der Waals surface area contributed by atoms with Gasteiger partial charge in [0.05, 0.1) is 47.9 Å². The minimum atomic E-state index is -3.67. The minimum absolute atomic E-state index is 0.0158. The standard InChI is InChI=1S/C27H36N4O5S.C25H18N4O3.CH4O3S/c1-26(2,28)25(33)29-22(18-36-17-20-9-5-4-6-10-20)24(32)30-15-13-27(14-16-30)19-31(37(3,34)35)23-12-8-7-11-21(23)27;30-23-21-7-2-12-26-24(21)29(16-22(23)25(31)27-19-10-11-19)20-6-1-4-17(14-20)8-9-18-5-3-13-28(32)15-18;1-5(2,3)4/h4-12,22H,13-19,28H2,1-3H3,(H,29,33);1-7,12-16,19H,10-11H2,(H,27,31);1H3,(H,2,3,4)/t22-;;/m1../s1. The molecule has 1 aliphatic carbocycles. The van der Waals surface area contributed by atoms with Crippen LogP contribution in [0.1, 0.15) is 72.1 Å². The molecule has 21 heteroatoms. The van der Waals surface area contributed by atoms with Gasteiger partial charge < -0.3 is 35.8 Å². The molecule has 5 N–H and O–H groups in total. The number of hydrogen-bond donors (Lipinski definition) is 4. The number of carbonyl (C=O) groups excluding carboxylic acids is 3. The fraction of sp³-hybridized carbons (Fsp3) is 0.321. The number of rotatable bonds is 11. The van der Waals surface area contributed by atoms with E-state index in [1.54, 1.807) is 60.0 Å². The number of benzene rings is 3. The van der Waals surface area contributed by atoms with Gasteiger partial charge in [-0.3, -0.25) is 28.0 Å². The summed E-state index contributed by atoms with van der Waals surface area (Å²) in [6, 6.07) is 30.6. The van der Waals surface area contributed by atoms with Crippen LogP contribution in [0.15, 0.2) is 133 Å². The first kappa shape index (κ1) is 54.3. The van der Waals surface area contributed by atoms with Crippen LogP contribution in [-0.2, 0) is 46.5 Å². The van der Waals surface area contributed by atoms with E-state index in [4.69, 9.17) is 15.0 Å². The lowest BCUT2D eigenvalue weighted by Crippen LogP contribution is -2.59. The lowest BCUT2D eigenvalue weighted by molar-refractivity contribution is -0.605. The number of carbonyl (C=O) groups is 3. The second kappa shape index (κ2) is 22.7. The lowest BCUT2D eigenvalue weighted by atomic mass is 9.74. The molecule has 3 amide bonds. The highest BCUT2D eigenvalue weighted by Gasteiger charge is 2.48. The normalized spacial score (nSPS) is 15.3. The zero-order chi connectivity index (χ0) is 53.4. The van der Waals surface area contributed by atoms with Gasteiger partial charge in [-0.25, -0.2) is 13.4 Å². The van der Waals surface area contributed by atoms with Crippen molar-refractivity contribution in [2.45, 2.75) is 69.2 Å². The van der Waals surface area contributed by atoms with Gasteiger partial charge >= 0.3 is 0 Å². The monoisotopic (exact) mass is 1050 g/mol. The van der Waals surface area contributed by atoms with Crippen molar-refractivity contribution < 1.29 is 45.2 Å². The Morgan fingerprint density at radius 2 is 1.59 bits per heavy atom. The average molecular weight is 1050 g/mol. The van der Waals surface area contributed by atoms with Gasteiger partial charge in [0, 0.05) is 60.8 Å². The maximum Gasteiger partial charge on any atom is 0.261 e. The average Bonchev–Trinajstić information content (AvgIpc) is 4.12. The van der Waals surface area contributed by atoms with Crippen molar-refractivity contribution in [1.29, 1.82) is 0 Å². The van der Waals surface area contributed by atoms with E-state index in [0.29, 0.717) is 72.4 Å². The zero-order valence-electron chi connectivity index (χ0n) is 41.3. The van der Waals surface area contributed by atoms with E-state index in [9.17, 15) is 41.2 Å². The first-order valence-electron chi connectivity index (χ1n) is 23.6. The van der Waals surface area contributed by atoms with E-state index in [2.05, 4.69) is 27.5 Å². The number of fused-ring (bicyclic) bond motifs is 3. The molecular formula is C53H58N8O11S2. The summed E-state index contributed by atoms with van der Waals surface area (Å²) in [5.74, 6) is 4.99. The van der Waals surface area contributed by atoms with Crippen molar-refractivity contribution in [2.75, 3.05) is 43.1 Å². The smallest absolute Gasteiger partial charge is 0.261 e. The number of hydrogen-bond acceptors (Lipinski definition) is 12. The van der Waals surface area contributed by atoms with E-state index in [1.807, 2.05) is 78.9 Å². The number of nitrogens with two attached hydrogens (primary N) is 1. The third-order valence-electron chi connectivity index (χ3n) is 12.4. The number of sulfonamides is 1. The number of likely N-dealkylation sites (tertiary alicyclic amines) is 1. The first-order valence-corrected chi connectivity index (χ1v) is 27.3. The number of para-hydroxylation sites is 1. The lowest BCUT2D eigenvalue weighted by Gasteiger charge is -2.41. The summed E-state index contributed by atoms with van der Waals surface area (Å²) < 4.78 is 60.5. The molecule has 1 saturated heterocycles. The van der Waals surface area contributed by atoms with Crippen LogP contribution in [0.5, 0.6) is 0 Å². The Bertz CT molecular complexity index is 3390. The molecule has 0 bridgehead atoms. The summed E-state index contributed by atoms with van der Waals surface area (Å²) in [6.45, 7) is 4.77. The molecule has 388 valence electrons. The highest BCUT2D eigenvalue weighted by atomic mass is 32.2. The summed E-state index contributed by atoms with van der Waals surface area (Å²) in [4.78, 5) is 58.0. The Kier molecular flexibility index (Phi) is 16.7. The van der Waals surface area contributed by atoms with E-state index in [0.717, 1.165) is 35.2 Å². The van der Waals surface area contributed by atoms with Crippen molar-refractivity contribution in [1.82, 2.24) is 25.1 Å². The van der Waals surface area contributed by atoms with Crippen molar-refractivity contribution >= 4 is 54.6 Å². The summed E-state index contributed by atoms with van der Waals surface area (Å²) in [7, 11) is -7.09. The van der Waals surface area contributed by atoms with Gasteiger partial charge in [-0.2, -0.15) is 13.1 Å². The minimum Gasteiger partial charge on any atom is -0.619 e. The molecule has 1 saturated carbocycles. The predicted octanol–water partition coefficient (Wildman–Crippen LogP) is 3.58. The van der Waals surface area contributed by atoms with Crippen LogP contribution < -0.4 is 30.8 Å². The number of nitrogens with one attached hydrogen (secondary N) is 2. The fourth-order valence-corrected chi connectivity index (χ4v) is 9.49. The van der Waals surface area contributed by atoms with Crippen LogP contribution in [0.3, 0.4) is 0 Å². The molecular weight excluding hydrogens is 989 g/mol. The predicted molar refractivity (Wildman–Crippen MR) is 279 cm³/mol. The molecule has 9 rings (SSSR count). The van der Waals surface area contributed by atoms with Crippen LogP contribution >= 0.6 is 0 Å². The summed E-state index contributed by atoms with van der Waals surface area (Å²) in [5.41, 5.74) is 9.40. The number of anilines is 1. The molecule has 2 fully saturated rings. The fourth-order valence-electron chi connectivity index (χ4n) is 8.49. The Morgan fingerprint density at radius 1 is 0.932 bits per heavy atom. The number of ether oxygens (including phenoxy) is 1.